The maximum Gasteiger partial charge on any atom is 0.469 e. The Bertz CT molecular complexity index is 1300. The maximum atomic E-state index is 14.3. The van der Waals surface area contributed by atoms with Crippen molar-refractivity contribution in [2.75, 3.05) is 6.54 Å². The molecule has 0 saturated heterocycles. The van der Waals surface area contributed by atoms with Gasteiger partial charge in [-0.05, 0) is 10.9 Å². The highest BCUT2D eigenvalue weighted by Gasteiger charge is 2.98. The zero-order valence-electron chi connectivity index (χ0n) is 23.0. The van der Waals surface area contributed by atoms with Crippen molar-refractivity contribution >= 4 is 17.8 Å². The van der Waals surface area contributed by atoms with Crippen LogP contribution in [0.3, 0.4) is 0 Å². The van der Waals surface area contributed by atoms with Crippen molar-refractivity contribution in [2.24, 2.45) is 0 Å². The zero-order chi connectivity index (χ0) is 40.1. The molecule has 0 saturated carbocycles. The Morgan fingerprint density at radius 1 is 0.592 bits per heavy atom. The summed E-state index contributed by atoms with van der Waals surface area (Å²) in [4.78, 5) is 17.5. The largest absolute Gasteiger partial charge is 0.469 e. The molecule has 31 heteroatoms. The van der Waals surface area contributed by atoms with Crippen LogP contribution in [0.5, 0.6) is 0 Å². The van der Waals surface area contributed by atoms with E-state index < -0.39 is 107 Å². The lowest BCUT2D eigenvalue weighted by Gasteiger charge is -2.44. The van der Waals surface area contributed by atoms with Gasteiger partial charge in [0.05, 0.1) is 12.6 Å². The molecule has 0 aliphatic heterocycles. The minimum absolute atomic E-state index is 0.0102. The van der Waals surface area contributed by atoms with Gasteiger partial charge in [0.1, 0.15) is 0 Å². The summed E-state index contributed by atoms with van der Waals surface area (Å²) >= 11 is 0. The molecule has 296 valence electrons. The number of phosphoric ester groups is 1. The van der Waals surface area contributed by atoms with Gasteiger partial charge in [0, 0.05) is 0 Å². The summed E-state index contributed by atoms with van der Waals surface area (Å²) < 4.78 is 333. The lowest BCUT2D eigenvalue weighted by Crippen LogP contribution is -2.77. The van der Waals surface area contributed by atoms with Gasteiger partial charge in [-0.3, -0.25) is 4.52 Å². The van der Waals surface area contributed by atoms with Gasteiger partial charge in [-0.1, -0.05) is 32.6 Å². The quantitative estimate of drug-likeness (QED) is 0.0590. The number of alkyl halides is 21. The molecule has 7 nitrogen and oxygen atoms in total. The van der Waals surface area contributed by atoms with Crippen molar-refractivity contribution in [3.05, 3.63) is 0 Å². The van der Waals surface area contributed by atoms with Crippen molar-refractivity contribution in [3.63, 3.8) is 0 Å². The second kappa shape index (κ2) is 13.8. The lowest BCUT2D eigenvalue weighted by molar-refractivity contribution is -0.472. The van der Waals surface area contributed by atoms with Crippen molar-refractivity contribution in [1.82, 2.24) is 4.53 Å². The smallest absolute Gasteiger partial charge is 0.303 e. The molecule has 0 bridgehead atoms. The molecule has 0 aromatic carbocycles. The predicted molar refractivity (Wildman–Crippen MR) is 113 cm³/mol. The van der Waals surface area contributed by atoms with Crippen LogP contribution in [0.1, 0.15) is 39.0 Å². The van der Waals surface area contributed by atoms with Gasteiger partial charge >= 0.3 is 76.7 Å². The number of nitrogens with zero attached hydrogens (tertiary/aromatic N) is 1. The molecule has 0 aromatic heterocycles. The molecule has 0 rings (SSSR count). The molecular formula is C18H18F22NO6PS. The fraction of sp³-hybridized carbons (Fsp3) is 1.00. The average molecular weight is 825 g/mol. The van der Waals surface area contributed by atoms with Gasteiger partial charge in [0.15, 0.2) is 0 Å². The van der Waals surface area contributed by atoms with E-state index in [9.17, 15) is 110 Å². The van der Waals surface area contributed by atoms with Crippen LogP contribution >= 0.6 is 7.82 Å². The average Bonchev–Trinajstić information content (AvgIpc) is 2.88. The van der Waals surface area contributed by atoms with E-state index in [0.29, 0.717) is 6.42 Å². The number of halogens is 22. The molecule has 0 heterocycles. The Labute approximate surface area is 257 Å². The van der Waals surface area contributed by atoms with E-state index in [1.165, 1.54) is 6.92 Å². The Morgan fingerprint density at radius 3 is 1.22 bits per heavy atom. The normalized spacial score (nSPS) is 16.8. The van der Waals surface area contributed by atoms with Gasteiger partial charge in [-0.15, -0.1) is 4.48 Å². The van der Waals surface area contributed by atoms with E-state index >= 15 is 0 Å². The number of hydrogen-bond donors (Lipinski definition) is 2. The monoisotopic (exact) mass is 825 g/mol. The maximum absolute atomic E-state index is 14.3. The molecule has 0 aromatic rings. The molecule has 0 radical (unpaired) electrons. The van der Waals surface area contributed by atoms with E-state index in [4.69, 9.17) is 9.79 Å². The van der Waals surface area contributed by atoms with Crippen LogP contribution in [0.4, 0.5) is 96.7 Å². The summed E-state index contributed by atoms with van der Waals surface area (Å²) in [7, 11) is -14.4. The highest BCUT2D eigenvalue weighted by Crippen LogP contribution is 2.66. The van der Waals surface area contributed by atoms with Crippen LogP contribution in [0.15, 0.2) is 0 Å². The molecule has 0 aliphatic carbocycles. The Morgan fingerprint density at radius 2 is 0.918 bits per heavy atom. The molecule has 0 amide bonds. The fourth-order valence-corrected chi connectivity index (χ4v) is 4.88. The summed E-state index contributed by atoms with van der Waals surface area (Å²) in [6.45, 7) is -1.12. The second-order valence-corrected chi connectivity index (χ2v) is 12.7. The molecule has 2 N–H and O–H groups in total. The fourth-order valence-electron chi connectivity index (χ4n) is 3.26. The lowest BCUT2D eigenvalue weighted by atomic mass is 9.87. The van der Waals surface area contributed by atoms with E-state index in [2.05, 4.69) is 4.52 Å². The van der Waals surface area contributed by atoms with Gasteiger partial charge in [0.25, 0.3) is 0 Å². The molecule has 0 fully saturated rings. The number of sulfonamides is 1. The first-order valence-electron chi connectivity index (χ1n) is 11.9. The Balaban J connectivity index is 7.07. The van der Waals surface area contributed by atoms with Gasteiger partial charge in [-0.25, -0.2) is 13.0 Å². The number of phosphoric acid groups is 1. The van der Waals surface area contributed by atoms with Crippen LogP contribution in [0, 0.1) is 0 Å². The van der Waals surface area contributed by atoms with Crippen LogP contribution in [0.25, 0.3) is 0 Å². The molecule has 49 heavy (non-hydrogen) atoms. The summed E-state index contributed by atoms with van der Waals surface area (Å²) in [6.07, 6.45) is -11.7. The molecular weight excluding hydrogens is 807 g/mol. The van der Waals surface area contributed by atoms with E-state index in [-0.39, 0.29) is 12.8 Å². The van der Waals surface area contributed by atoms with Gasteiger partial charge in [-0.2, -0.15) is 92.2 Å². The second-order valence-electron chi connectivity index (χ2n) is 9.65. The number of hydrogen-bond acceptors (Lipinski definition) is 4. The summed E-state index contributed by atoms with van der Waals surface area (Å²) in [5.41, 5.74) is 0. The van der Waals surface area contributed by atoms with E-state index in [1.807, 2.05) is 0 Å². The van der Waals surface area contributed by atoms with E-state index in [0.717, 1.165) is 0 Å². The molecule has 1 atom stereocenters. The first-order valence-corrected chi connectivity index (χ1v) is 14.9. The van der Waals surface area contributed by atoms with Crippen molar-refractivity contribution in [1.29, 1.82) is 0 Å². The third-order valence-corrected chi connectivity index (χ3v) is 8.23. The summed E-state index contributed by atoms with van der Waals surface area (Å²) in [5.74, 6) is -73.9. The van der Waals surface area contributed by atoms with Crippen LogP contribution in [0.2, 0.25) is 0 Å². The third kappa shape index (κ3) is 7.67. The minimum Gasteiger partial charge on any atom is -0.303 e. The van der Waals surface area contributed by atoms with Crippen molar-refractivity contribution < 1.29 is 124 Å². The highest BCUT2D eigenvalue weighted by atomic mass is 32.2. The minimum atomic E-state index is -9.54. The molecule has 0 spiro atoms. The number of rotatable bonds is 19. The summed E-state index contributed by atoms with van der Waals surface area (Å²) in [5, 5.41) is -8.38. The standard InChI is InChI=1S/C18H18F22NO6PS/c1-2-3-4-5-6-8(47-48(42,43)44)7-41(40)49(45,46)18(38,39)16(33,34)14(29,30)12(25,26)10(21,22)9(19,20)11(23,24)13(27,28)15(31,32)17(35,36)37/h8H,2-7H2,1H3,(H2,42,43,44). The zero-order valence-corrected chi connectivity index (χ0v) is 24.7. The predicted octanol–water partition coefficient (Wildman–Crippen LogP) is 8.19. The SMILES string of the molecule is CCCCCCC(CN(F)S(=O)(=O)C(F)(F)C(F)(F)C(F)(F)C(F)(F)C(F)(F)C(F)(F)C(F)(F)C(F)(F)C(F)(F)C(F)(F)F)OP(=O)(O)O. The summed E-state index contributed by atoms with van der Waals surface area (Å²) in [6, 6.07) is 0. The first kappa shape index (κ1) is 47.5. The molecule has 1 unspecified atom stereocenters. The topological polar surface area (TPSA) is 104 Å². The van der Waals surface area contributed by atoms with E-state index in [1.54, 1.807) is 0 Å². The van der Waals surface area contributed by atoms with Crippen molar-refractivity contribution in [2.45, 2.75) is 104 Å². The van der Waals surface area contributed by atoms with Gasteiger partial charge in [0.2, 0.25) is 0 Å². The Hall–Kier alpha value is -1.52. The molecule has 0 aliphatic rings. The van der Waals surface area contributed by atoms with Gasteiger partial charge < -0.3 is 9.79 Å². The first-order chi connectivity index (χ1) is 21.1. The highest BCUT2D eigenvalue weighted by molar-refractivity contribution is 7.90. The number of unbranched alkanes of at least 4 members (excludes halogenated alkanes) is 3. The Kier molecular flexibility index (Phi) is 13.4. The van der Waals surface area contributed by atoms with Crippen LogP contribution in [-0.4, -0.2) is 94.2 Å². The van der Waals surface area contributed by atoms with Crippen molar-refractivity contribution in [3.8, 4) is 0 Å². The van der Waals surface area contributed by atoms with Crippen LogP contribution in [-0.2, 0) is 19.1 Å². The van der Waals surface area contributed by atoms with Crippen LogP contribution < -0.4 is 0 Å². The third-order valence-electron chi connectivity index (χ3n) is 6.08.